The molecule has 7 heteroatoms. The largest absolute Gasteiger partial charge is 0.417 e. The summed E-state index contributed by atoms with van der Waals surface area (Å²) in [6, 6.07) is 0. The Hall–Kier alpha value is 0.491. The first-order chi connectivity index (χ1) is 5.91. The first-order valence-corrected chi connectivity index (χ1v) is 10.9. The molecular formula is C6H19O4Si3. The molecule has 13 heavy (non-hydrogen) atoms. The summed E-state index contributed by atoms with van der Waals surface area (Å²) in [6.45, 7) is 7.97. The molecule has 0 aliphatic carbocycles. The van der Waals surface area contributed by atoms with E-state index in [-0.39, 0.29) is 0 Å². The molecule has 1 atom stereocenters. The molecular weight excluding hydrogens is 220 g/mol. The second kappa shape index (κ2) is 6.06. The van der Waals surface area contributed by atoms with Crippen LogP contribution in [-0.2, 0) is 17.1 Å². The van der Waals surface area contributed by atoms with Crippen LogP contribution in [0.4, 0.5) is 0 Å². The van der Waals surface area contributed by atoms with E-state index in [2.05, 4.69) is 0 Å². The van der Waals surface area contributed by atoms with Crippen LogP contribution in [0.15, 0.2) is 0 Å². The summed E-state index contributed by atoms with van der Waals surface area (Å²) in [5, 5.41) is 0. The van der Waals surface area contributed by atoms with Crippen molar-refractivity contribution >= 4 is 27.1 Å². The molecule has 0 saturated carbocycles. The lowest BCUT2D eigenvalue weighted by Crippen LogP contribution is -2.42. The number of rotatable bonds is 6. The van der Waals surface area contributed by atoms with Crippen LogP contribution < -0.4 is 0 Å². The lowest BCUT2D eigenvalue weighted by atomic mass is 11.8. The maximum Gasteiger partial charge on any atom is 0.362 e. The van der Waals surface area contributed by atoms with Gasteiger partial charge in [-0.2, -0.15) is 0 Å². The second-order valence-corrected chi connectivity index (χ2v) is 10.7. The predicted octanol–water partition coefficient (Wildman–Crippen LogP) is 0.982. The van der Waals surface area contributed by atoms with Crippen LogP contribution in [0.5, 0.6) is 0 Å². The summed E-state index contributed by atoms with van der Waals surface area (Å²) in [5.74, 6) is 0. The minimum absolute atomic E-state index is 1.20. The Morgan fingerprint density at radius 2 is 1.77 bits per heavy atom. The third kappa shape index (κ3) is 6.55. The number of hydrogen-bond donors (Lipinski definition) is 0. The molecule has 79 valence electrons. The summed E-state index contributed by atoms with van der Waals surface area (Å²) >= 11 is 0. The molecule has 0 amide bonds. The van der Waals surface area contributed by atoms with Crippen LogP contribution in [0, 0.1) is 0 Å². The van der Waals surface area contributed by atoms with E-state index in [9.17, 15) is 0 Å². The zero-order chi connectivity index (χ0) is 10.5. The maximum atomic E-state index is 5.71. The highest BCUT2D eigenvalue weighted by atomic mass is 28.4. The summed E-state index contributed by atoms with van der Waals surface area (Å²) in [4.78, 5) is 0. The normalized spacial score (nSPS) is 15.0. The van der Waals surface area contributed by atoms with Crippen molar-refractivity contribution in [2.45, 2.75) is 26.2 Å². The molecule has 0 heterocycles. The van der Waals surface area contributed by atoms with E-state index in [1.54, 1.807) is 14.2 Å². The molecule has 0 aromatic carbocycles. The van der Waals surface area contributed by atoms with Gasteiger partial charge in [-0.15, -0.1) is 0 Å². The molecule has 0 rings (SSSR count). The molecule has 0 bridgehead atoms. The summed E-state index contributed by atoms with van der Waals surface area (Å²) in [7, 11) is -1.23. The van der Waals surface area contributed by atoms with Crippen LogP contribution in [0.2, 0.25) is 26.2 Å². The molecule has 1 unspecified atom stereocenters. The topological polar surface area (TPSA) is 36.9 Å². The van der Waals surface area contributed by atoms with Crippen LogP contribution in [0.25, 0.3) is 0 Å². The molecule has 0 fully saturated rings. The second-order valence-electron chi connectivity index (χ2n) is 3.12. The smallest absolute Gasteiger partial charge is 0.362 e. The van der Waals surface area contributed by atoms with Crippen molar-refractivity contribution in [3.8, 4) is 0 Å². The standard InChI is InChI=1S/C6H19O4Si3/c1-7-11(3)9-12(4)10-13(5,6)8-2/h11H,1-6H3. The Morgan fingerprint density at radius 1 is 1.23 bits per heavy atom. The molecule has 1 radical (unpaired) electrons. The van der Waals surface area contributed by atoms with Gasteiger partial charge in [-0.25, -0.2) is 0 Å². The van der Waals surface area contributed by atoms with Crippen molar-refractivity contribution in [2.75, 3.05) is 14.2 Å². The average molecular weight is 239 g/mol. The maximum absolute atomic E-state index is 5.71. The van der Waals surface area contributed by atoms with E-state index < -0.39 is 27.1 Å². The fourth-order valence-electron chi connectivity index (χ4n) is 0.694. The van der Waals surface area contributed by atoms with E-state index in [4.69, 9.17) is 17.1 Å². The average Bonchev–Trinajstić information content (AvgIpc) is 2.03. The predicted molar refractivity (Wildman–Crippen MR) is 58.3 cm³/mol. The molecule has 0 N–H and O–H groups in total. The molecule has 0 aromatic rings. The molecule has 0 spiro atoms. The Labute approximate surface area is 85.1 Å². The zero-order valence-corrected chi connectivity index (χ0v) is 12.4. The summed E-state index contributed by atoms with van der Waals surface area (Å²) < 4.78 is 21.7. The van der Waals surface area contributed by atoms with Crippen molar-refractivity contribution in [3.05, 3.63) is 0 Å². The van der Waals surface area contributed by atoms with Crippen molar-refractivity contribution in [1.82, 2.24) is 0 Å². The highest BCUT2D eigenvalue weighted by molar-refractivity contribution is 6.73. The molecule has 0 aromatic heterocycles. The Morgan fingerprint density at radius 3 is 2.15 bits per heavy atom. The zero-order valence-electron chi connectivity index (χ0n) is 9.21. The molecule has 4 nitrogen and oxygen atoms in total. The van der Waals surface area contributed by atoms with Crippen LogP contribution in [0.1, 0.15) is 0 Å². The lowest BCUT2D eigenvalue weighted by Gasteiger charge is -2.25. The molecule has 0 saturated heterocycles. The van der Waals surface area contributed by atoms with Gasteiger partial charge in [-0.1, -0.05) is 0 Å². The van der Waals surface area contributed by atoms with E-state index in [1.807, 2.05) is 26.2 Å². The Bertz CT molecular complexity index is 144. The Balaban J connectivity index is 3.79. The van der Waals surface area contributed by atoms with E-state index in [0.717, 1.165) is 0 Å². The molecule has 0 aliphatic rings. The third-order valence-corrected chi connectivity index (χ3v) is 8.96. The van der Waals surface area contributed by atoms with Gasteiger partial charge in [-0.3, -0.25) is 0 Å². The van der Waals surface area contributed by atoms with Gasteiger partial charge in [0.15, 0.2) is 0 Å². The van der Waals surface area contributed by atoms with Gasteiger partial charge in [0.1, 0.15) is 0 Å². The van der Waals surface area contributed by atoms with Gasteiger partial charge in [0.2, 0.25) is 0 Å². The van der Waals surface area contributed by atoms with Gasteiger partial charge in [0.05, 0.1) is 0 Å². The van der Waals surface area contributed by atoms with Gasteiger partial charge in [0, 0.05) is 14.2 Å². The van der Waals surface area contributed by atoms with Crippen LogP contribution >= 0.6 is 0 Å². The minimum atomic E-state index is -1.93. The van der Waals surface area contributed by atoms with Gasteiger partial charge in [-0.05, 0) is 26.2 Å². The van der Waals surface area contributed by atoms with E-state index in [0.29, 0.717) is 0 Å². The fourth-order valence-corrected chi connectivity index (χ4v) is 6.68. The lowest BCUT2D eigenvalue weighted by molar-refractivity contribution is 0.274. The van der Waals surface area contributed by atoms with Crippen molar-refractivity contribution in [1.29, 1.82) is 0 Å². The van der Waals surface area contributed by atoms with Crippen molar-refractivity contribution < 1.29 is 17.1 Å². The first-order valence-electron chi connectivity index (χ1n) is 4.18. The monoisotopic (exact) mass is 239 g/mol. The first kappa shape index (κ1) is 13.5. The number of hydrogen-bond acceptors (Lipinski definition) is 4. The van der Waals surface area contributed by atoms with Gasteiger partial charge >= 0.3 is 27.1 Å². The van der Waals surface area contributed by atoms with Crippen LogP contribution in [-0.4, -0.2) is 41.3 Å². The SMILES string of the molecule is CO[SiH](C)O[Si](C)O[Si](C)(C)OC. The van der Waals surface area contributed by atoms with Crippen molar-refractivity contribution in [2.24, 2.45) is 0 Å². The van der Waals surface area contributed by atoms with E-state index in [1.165, 1.54) is 0 Å². The van der Waals surface area contributed by atoms with Gasteiger partial charge in [0.25, 0.3) is 0 Å². The van der Waals surface area contributed by atoms with Crippen LogP contribution in [0.3, 0.4) is 0 Å². The van der Waals surface area contributed by atoms with Gasteiger partial charge < -0.3 is 17.1 Å². The Kier molecular flexibility index (Phi) is 6.29. The summed E-state index contributed by atoms with van der Waals surface area (Å²) in [6.07, 6.45) is 0. The highest BCUT2D eigenvalue weighted by Crippen LogP contribution is 2.07. The highest BCUT2D eigenvalue weighted by Gasteiger charge is 2.28. The summed E-state index contributed by atoms with van der Waals surface area (Å²) in [5.41, 5.74) is 0. The minimum Gasteiger partial charge on any atom is -0.417 e. The fraction of sp³-hybridized carbons (Fsp3) is 1.00. The quantitative estimate of drug-likeness (QED) is 0.648. The molecule has 0 aliphatic heterocycles. The van der Waals surface area contributed by atoms with Crippen molar-refractivity contribution in [3.63, 3.8) is 0 Å². The third-order valence-electron chi connectivity index (χ3n) is 1.54. The van der Waals surface area contributed by atoms with E-state index >= 15 is 0 Å².